The fraction of sp³-hybridized carbons (Fsp3) is 0.816. The van der Waals surface area contributed by atoms with Crippen molar-refractivity contribution in [3.05, 3.63) is 23.8 Å². The van der Waals surface area contributed by atoms with Crippen LogP contribution in [0.25, 0.3) is 0 Å². The van der Waals surface area contributed by atoms with E-state index in [0.29, 0.717) is 12.8 Å². The van der Waals surface area contributed by atoms with Crippen molar-refractivity contribution >= 4 is 17.5 Å². The Bertz CT molecular complexity index is 1170. The molecule has 260 valence electrons. The lowest BCUT2D eigenvalue weighted by Crippen LogP contribution is -2.70. The number of Topliss-reactive ketones (excluding diaryl/α,β-unsaturated/α-hetero) is 1. The molecular formula is C38H59FO7. The highest BCUT2D eigenvalue weighted by atomic mass is 19.1. The molecule has 4 aliphatic rings. The fourth-order valence-electron chi connectivity index (χ4n) is 9.79. The van der Waals surface area contributed by atoms with Gasteiger partial charge in [-0.05, 0) is 62.2 Å². The first-order chi connectivity index (χ1) is 21.8. The molecule has 4 rings (SSSR count). The van der Waals surface area contributed by atoms with Crippen LogP contribution in [0.15, 0.2) is 23.8 Å². The minimum atomic E-state index is -2.20. The van der Waals surface area contributed by atoms with E-state index in [0.717, 1.165) is 19.3 Å². The van der Waals surface area contributed by atoms with Gasteiger partial charge < -0.3 is 20.1 Å². The minimum absolute atomic E-state index is 0.0263. The third-order valence-corrected chi connectivity index (χ3v) is 12.5. The topological polar surface area (TPSA) is 121 Å². The normalized spacial score (nSPS) is 38.1. The van der Waals surface area contributed by atoms with Gasteiger partial charge in [0.2, 0.25) is 5.78 Å². The lowest BCUT2D eigenvalue weighted by Gasteiger charge is -2.63. The molecule has 0 radical (unpaired) electrons. The summed E-state index contributed by atoms with van der Waals surface area (Å²) in [6.07, 6.45) is 17.3. The van der Waals surface area contributed by atoms with Gasteiger partial charge in [-0.25, -0.2) is 4.39 Å². The molecule has 0 unspecified atom stereocenters. The zero-order chi connectivity index (χ0) is 33.8. The molecule has 0 bridgehead atoms. The second kappa shape index (κ2) is 15.1. The van der Waals surface area contributed by atoms with Gasteiger partial charge in [-0.2, -0.15) is 0 Å². The van der Waals surface area contributed by atoms with Crippen LogP contribution in [0.3, 0.4) is 0 Å². The lowest BCUT2D eigenvalue weighted by molar-refractivity contribution is -0.226. The molecule has 8 heteroatoms. The maximum atomic E-state index is 17.4. The third-order valence-electron chi connectivity index (χ3n) is 12.5. The van der Waals surface area contributed by atoms with Crippen LogP contribution in [0.1, 0.15) is 137 Å². The summed E-state index contributed by atoms with van der Waals surface area (Å²) >= 11 is 0. The number of ketones is 2. The first-order valence-electron chi connectivity index (χ1n) is 18.2. The number of esters is 1. The summed E-state index contributed by atoms with van der Waals surface area (Å²) in [4.78, 5) is 38.3. The highest BCUT2D eigenvalue weighted by Gasteiger charge is 2.76. The number of carbonyl (C=O) groups is 3. The Hall–Kier alpha value is -1.90. The van der Waals surface area contributed by atoms with E-state index in [1.165, 1.54) is 76.0 Å². The zero-order valence-electron chi connectivity index (χ0n) is 28.7. The SMILES string of the molecule is CCCCCCCCCCCCCCCC(=O)OCC(=O)[C@@]1(O)[C@H](C)C[C@H]2[C@@H]3C[C@@H](O)C4=CC(=O)C=C[C@]4(C)[C@@]3(F)[C@@H](O)C[C@@]21C. The smallest absolute Gasteiger partial charge is 0.306 e. The molecule has 0 aromatic rings. The van der Waals surface area contributed by atoms with Crippen molar-refractivity contribution in [1.82, 2.24) is 0 Å². The van der Waals surface area contributed by atoms with Crippen molar-refractivity contribution in [3.8, 4) is 0 Å². The number of fused-ring (bicyclic) bond motifs is 5. The zero-order valence-corrected chi connectivity index (χ0v) is 28.7. The number of hydrogen-bond donors (Lipinski definition) is 3. The molecule has 0 aliphatic heterocycles. The number of aliphatic hydroxyl groups excluding tert-OH is 2. The van der Waals surface area contributed by atoms with E-state index >= 15 is 4.39 Å². The van der Waals surface area contributed by atoms with E-state index in [2.05, 4.69) is 6.92 Å². The summed E-state index contributed by atoms with van der Waals surface area (Å²) in [7, 11) is 0. The van der Waals surface area contributed by atoms with E-state index in [9.17, 15) is 29.7 Å². The van der Waals surface area contributed by atoms with Crippen LogP contribution in [0.4, 0.5) is 4.39 Å². The summed E-state index contributed by atoms with van der Waals surface area (Å²) in [6, 6.07) is 0. The highest BCUT2D eigenvalue weighted by molar-refractivity contribution is 6.01. The van der Waals surface area contributed by atoms with Crippen molar-refractivity contribution < 1.29 is 38.8 Å². The molecule has 3 N–H and O–H groups in total. The summed E-state index contributed by atoms with van der Waals surface area (Å²) in [5.74, 6) is -3.39. The van der Waals surface area contributed by atoms with Crippen molar-refractivity contribution in [2.45, 2.75) is 160 Å². The molecule has 0 aromatic heterocycles. The Kier molecular flexibility index (Phi) is 12.1. The highest BCUT2D eigenvalue weighted by Crippen LogP contribution is 2.70. The van der Waals surface area contributed by atoms with Gasteiger partial charge in [-0.15, -0.1) is 0 Å². The molecule has 0 amide bonds. The molecular weight excluding hydrogens is 587 g/mol. The molecule has 0 heterocycles. The van der Waals surface area contributed by atoms with Gasteiger partial charge in [-0.1, -0.05) is 104 Å². The van der Waals surface area contributed by atoms with Crippen LogP contribution in [0, 0.1) is 28.6 Å². The number of alkyl halides is 1. The van der Waals surface area contributed by atoms with E-state index in [1.807, 2.05) is 0 Å². The predicted octanol–water partition coefficient (Wildman–Crippen LogP) is 6.90. The van der Waals surface area contributed by atoms with Crippen molar-refractivity contribution in [2.75, 3.05) is 6.61 Å². The predicted molar refractivity (Wildman–Crippen MR) is 176 cm³/mol. The van der Waals surface area contributed by atoms with Gasteiger partial charge in [0.25, 0.3) is 0 Å². The molecule has 0 aromatic carbocycles. The molecule has 7 nitrogen and oxygen atoms in total. The van der Waals surface area contributed by atoms with Crippen LogP contribution in [-0.4, -0.2) is 62.9 Å². The molecule has 9 atom stereocenters. The molecule has 3 fully saturated rings. The maximum absolute atomic E-state index is 17.4. The van der Waals surface area contributed by atoms with Crippen molar-refractivity contribution in [1.29, 1.82) is 0 Å². The monoisotopic (exact) mass is 646 g/mol. The van der Waals surface area contributed by atoms with Crippen LogP contribution in [0.2, 0.25) is 0 Å². The average molecular weight is 647 g/mol. The van der Waals surface area contributed by atoms with Crippen molar-refractivity contribution in [3.63, 3.8) is 0 Å². The average Bonchev–Trinajstić information content (AvgIpc) is 3.22. The van der Waals surface area contributed by atoms with E-state index in [4.69, 9.17) is 4.74 Å². The largest absolute Gasteiger partial charge is 0.458 e. The number of rotatable bonds is 17. The Morgan fingerprint density at radius 2 is 1.48 bits per heavy atom. The Balaban J connectivity index is 1.26. The minimum Gasteiger partial charge on any atom is -0.458 e. The third kappa shape index (κ3) is 6.69. The second-order valence-electron chi connectivity index (χ2n) is 15.4. The molecule has 4 aliphatic carbocycles. The Labute approximate surface area is 275 Å². The van der Waals surface area contributed by atoms with Crippen LogP contribution in [0.5, 0.6) is 0 Å². The number of ether oxygens (including phenoxy) is 1. The first-order valence-corrected chi connectivity index (χ1v) is 18.2. The van der Waals surface area contributed by atoms with Gasteiger partial charge in [0.15, 0.2) is 18.1 Å². The maximum Gasteiger partial charge on any atom is 0.306 e. The fourth-order valence-corrected chi connectivity index (χ4v) is 9.79. The Morgan fingerprint density at radius 1 is 0.913 bits per heavy atom. The quantitative estimate of drug-likeness (QED) is 0.116. The number of carbonyl (C=O) groups excluding carboxylic acids is 3. The summed E-state index contributed by atoms with van der Waals surface area (Å²) in [6.45, 7) is 6.74. The summed E-state index contributed by atoms with van der Waals surface area (Å²) in [5.41, 5.74) is -6.48. The second-order valence-corrected chi connectivity index (χ2v) is 15.4. The lowest BCUT2D eigenvalue weighted by atomic mass is 9.44. The van der Waals surface area contributed by atoms with Crippen molar-refractivity contribution in [2.24, 2.45) is 28.6 Å². The van der Waals surface area contributed by atoms with Gasteiger partial charge in [0.1, 0.15) is 5.60 Å². The standard InChI is InChI=1S/C38H59FO7/c1-5-6-7-8-9-10-11-12-13-14-15-16-17-18-34(44)46-25-33(43)38(45)26(2)21-28-29-23-31(41)30-22-27(40)19-20-35(30,3)37(29,39)32(42)24-36(28,38)4/h19-20,22,26,28-29,31-32,41-42,45H,5-18,21,23-25H2,1-4H3/t26-,28+,29+,31-,32+,35+,36+,37+,38+/m1/s1. The van der Waals surface area contributed by atoms with E-state index in [1.54, 1.807) is 20.8 Å². The number of aliphatic hydroxyl groups is 3. The number of hydrogen-bond acceptors (Lipinski definition) is 7. The van der Waals surface area contributed by atoms with Gasteiger partial charge in [-0.3, -0.25) is 14.4 Å². The molecule has 0 saturated heterocycles. The molecule has 0 spiro atoms. The van der Waals surface area contributed by atoms with E-state index in [-0.39, 0.29) is 30.6 Å². The van der Waals surface area contributed by atoms with Crippen LogP contribution >= 0.6 is 0 Å². The molecule has 46 heavy (non-hydrogen) atoms. The number of unbranched alkanes of at least 4 members (excludes halogenated alkanes) is 12. The first kappa shape index (κ1) is 36.9. The number of halogens is 1. The summed E-state index contributed by atoms with van der Waals surface area (Å²) in [5, 5.41) is 34.7. The Morgan fingerprint density at radius 3 is 2.07 bits per heavy atom. The number of allylic oxidation sites excluding steroid dienone is 3. The van der Waals surface area contributed by atoms with Crippen LogP contribution < -0.4 is 0 Å². The van der Waals surface area contributed by atoms with E-state index < -0.39 is 70.4 Å². The van der Waals surface area contributed by atoms with Gasteiger partial charge in [0, 0.05) is 23.2 Å². The van der Waals surface area contributed by atoms with Crippen LogP contribution in [-0.2, 0) is 19.1 Å². The molecule has 3 saturated carbocycles. The summed E-state index contributed by atoms with van der Waals surface area (Å²) < 4.78 is 22.7. The van der Waals surface area contributed by atoms with Gasteiger partial charge in [0.05, 0.1) is 12.2 Å². The van der Waals surface area contributed by atoms with Gasteiger partial charge >= 0.3 is 5.97 Å².